The topological polar surface area (TPSA) is 88.2 Å². The maximum absolute atomic E-state index is 13.4. The Kier molecular flexibility index (Phi) is 5.68. The van der Waals surface area contributed by atoms with Gasteiger partial charge in [0.1, 0.15) is 11.6 Å². The van der Waals surface area contributed by atoms with Crippen molar-refractivity contribution in [2.75, 3.05) is 5.75 Å². The molecule has 0 aliphatic heterocycles. The molecule has 156 valence electrons. The molecule has 2 N–H and O–H groups in total. The molecule has 4 aromatic rings. The maximum Gasteiger partial charge on any atom is 0.196 e. The highest BCUT2D eigenvalue weighted by molar-refractivity contribution is 7.99. The second-order valence-electron chi connectivity index (χ2n) is 6.54. The van der Waals surface area contributed by atoms with Crippen LogP contribution in [-0.2, 0) is 0 Å². The Morgan fingerprint density at radius 1 is 0.871 bits per heavy atom. The number of phenols is 2. The van der Waals surface area contributed by atoms with E-state index in [0.717, 1.165) is 11.8 Å². The van der Waals surface area contributed by atoms with E-state index in [1.807, 2.05) is 0 Å². The van der Waals surface area contributed by atoms with Crippen LogP contribution in [0.25, 0.3) is 17.1 Å². The highest BCUT2D eigenvalue weighted by atomic mass is 32.2. The van der Waals surface area contributed by atoms with E-state index >= 15 is 0 Å². The lowest BCUT2D eigenvalue weighted by molar-refractivity contribution is 0.102. The Labute approximate surface area is 179 Å². The van der Waals surface area contributed by atoms with E-state index in [-0.39, 0.29) is 28.6 Å². The van der Waals surface area contributed by atoms with Gasteiger partial charge in [-0.25, -0.2) is 8.78 Å². The van der Waals surface area contributed by atoms with Crippen molar-refractivity contribution in [3.8, 4) is 28.6 Å². The van der Waals surface area contributed by atoms with Gasteiger partial charge in [-0.3, -0.25) is 9.36 Å². The van der Waals surface area contributed by atoms with Gasteiger partial charge in [0.25, 0.3) is 0 Å². The molecule has 0 fully saturated rings. The number of phenolic OH excluding ortho intramolecular Hbond substituents is 2. The lowest BCUT2D eigenvalue weighted by atomic mass is 10.1. The van der Waals surface area contributed by atoms with E-state index in [9.17, 15) is 23.8 Å². The Bertz CT molecular complexity index is 1240. The van der Waals surface area contributed by atoms with Crippen molar-refractivity contribution in [1.29, 1.82) is 0 Å². The summed E-state index contributed by atoms with van der Waals surface area (Å²) in [6.07, 6.45) is 0. The highest BCUT2D eigenvalue weighted by Gasteiger charge is 2.18. The van der Waals surface area contributed by atoms with Gasteiger partial charge in [-0.15, -0.1) is 10.2 Å². The van der Waals surface area contributed by atoms with Crippen molar-refractivity contribution in [3.63, 3.8) is 0 Å². The van der Waals surface area contributed by atoms with E-state index in [1.165, 1.54) is 42.5 Å². The van der Waals surface area contributed by atoms with Crippen molar-refractivity contribution in [1.82, 2.24) is 14.8 Å². The summed E-state index contributed by atoms with van der Waals surface area (Å²) in [4.78, 5) is 12.5. The van der Waals surface area contributed by atoms with Crippen LogP contribution >= 0.6 is 11.8 Å². The van der Waals surface area contributed by atoms with Crippen LogP contribution in [0.1, 0.15) is 10.4 Å². The number of aromatic hydroxyl groups is 2. The summed E-state index contributed by atoms with van der Waals surface area (Å²) >= 11 is 1.11. The van der Waals surface area contributed by atoms with Crippen LogP contribution in [0.3, 0.4) is 0 Å². The summed E-state index contributed by atoms with van der Waals surface area (Å²) in [6, 6.07) is 15.2. The van der Waals surface area contributed by atoms with Gasteiger partial charge in [0.2, 0.25) is 0 Å². The minimum Gasteiger partial charge on any atom is -0.504 e. The number of halogens is 2. The zero-order chi connectivity index (χ0) is 22.0. The minimum atomic E-state index is -0.406. The van der Waals surface area contributed by atoms with Gasteiger partial charge < -0.3 is 10.2 Å². The predicted octanol–water partition coefficient (Wildman–Crippen LogP) is 4.60. The molecule has 0 aliphatic carbocycles. The standard InChI is InChI=1S/C22H15F2N3O3S/c23-15-4-1-13(2-5-15)21-25-26-22(27(21)17-8-6-16(24)7-9-17)31-12-20(30)14-3-10-18(28)19(29)11-14/h1-11,28-29H,12H2. The van der Waals surface area contributed by atoms with Crippen LogP contribution in [0.4, 0.5) is 8.78 Å². The first-order chi connectivity index (χ1) is 14.9. The first-order valence-corrected chi connectivity index (χ1v) is 10.1. The molecule has 1 aromatic heterocycles. The van der Waals surface area contributed by atoms with Gasteiger partial charge in [0, 0.05) is 16.8 Å². The third-order valence-electron chi connectivity index (χ3n) is 4.45. The van der Waals surface area contributed by atoms with E-state index in [2.05, 4.69) is 10.2 Å². The number of nitrogens with zero attached hydrogens (tertiary/aromatic N) is 3. The van der Waals surface area contributed by atoms with E-state index in [0.29, 0.717) is 22.2 Å². The zero-order valence-corrected chi connectivity index (χ0v) is 16.7. The molecule has 31 heavy (non-hydrogen) atoms. The van der Waals surface area contributed by atoms with Crippen molar-refractivity contribution in [2.45, 2.75) is 5.16 Å². The molecule has 0 spiro atoms. The molecular formula is C22H15F2N3O3S. The molecule has 1 heterocycles. The largest absolute Gasteiger partial charge is 0.504 e. The van der Waals surface area contributed by atoms with Crippen molar-refractivity contribution in [2.24, 2.45) is 0 Å². The monoisotopic (exact) mass is 439 g/mol. The lowest BCUT2D eigenvalue weighted by Crippen LogP contribution is -2.05. The number of hydrogen-bond acceptors (Lipinski definition) is 6. The van der Waals surface area contributed by atoms with Gasteiger partial charge in [-0.1, -0.05) is 11.8 Å². The molecule has 0 saturated heterocycles. The summed E-state index contributed by atoms with van der Waals surface area (Å²) in [5, 5.41) is 27.7. The Morgan fingerprint density at radius 2 is 1.52 bits per heavy atom. The van der Waals surface area contributed by atoms with Crippen molar-refractivity contribution < 1.29 is 23.8 Å². The Balaban J connectivity index is 1.67. The fourth-order valence-corrected chi connectivity index (χ4v) is 3.73. The lowest BCUT2D eigenvalue weighted by Gasteiger charge is -2.10. The van der Waals surface area contributed by atoms with Gasteiger partial charge in [0.05, 0.1) is 5.75 Å². The molecule has 3 aromatic carbocycles. The number of hydrogen-bond donors (Lipinski definition) is 2. The molecule has 0 bridgehead atoms. The Morgan fingerprint density at radius 3 is 2.16 bits per heavy atom. The average molecular weight is 439 g/mol. The molecule has 6 nitrogen and oxygen atoms in total. The van der Waals surface area contributed by atoms with Crippen LogP contribution in [0, 0.1) is 11.6 Å². The summed E-state index contributed by atoms with van der Waals surface area (Å²) < 4.78 is 28.4. The number of thioether (sulfide) groups is 1. The quantitative estimate of drug-likeness (QED) is 0.259. The van der Waals surface area contributed by atoms with E-state index < -0.39 is 11.6 Å². The van der Waals surface area contributed by atoms with Gasteiger partial charge in [-0.2, -0.15) is 0 Å². The van der Waals surface area contributed by atoms with Gasteiger partial charge in [0.15, 0.2) is 28.3 Å². The summed E-state index contributed by atoms with van der Waals surface area (Å²) in [5.74, 6) is -1.41. The normalized spacial score (nSPS) is 10.9. The fraction of sp³-hybridized carbons (Fsp3) is 0.0455. The molecule has 9 heteroatoms. The SMILES string of the molecule is O=C(CSc1nnc(-c2ccc(F)cc2)n1-c1ccc(F)cc1)c1ccc(O)c(O)c1. The van der Waals surface area contributed by atoms with Crippen LogP contribution < -0.4 is 0 Å². The molecule has 0 radical (unpaired) electrons. The van der Waals surface area contributed by atoms with Crippen molar-refractivity contribution in [3.05, 3.63) is 83.9 Å². The molecular weight excluding hydrogens is 424 g/mol. The number of rotatable bonds is 6. The molecule has 4 rings (SSSR count). The smallest absolute Gasteiger partial charge is 0.196 e. The average Bonchev–Trinajstić information content (AvgIpc) is 3.19. The van der Waals surface area contributed by atoms with Crippen molar-refractivity contribution >= 4 is 17.5 Å². The van der Waals surface area contributed by atoms with E-state index in [1.54, 1.807) is 28.8 Å². The number of aromatic nitrogens is 3. The molecule has 0 unspecified atom stereocenters. The second-order valence-corrected chi connectivity index (χ2v) is 7.48. The van der Waals surface area contributed by atoms with Crippen LogP contribution in [0.5, 0.6) is 11.5 Å². The zero-order valence-electron chi connectivity index (χ0n) is 15.9. The number of Topliss-reactive ketones (excluding diaryl/α,β-unsaturated/α-hetero) is 1. The molecule has 0 amide bonds. The summed E-state index contributed by atoms with van der Waals surface area (Å²) in [7, 11) is 0. The predicted molar refractivity (Wildman–Crippen MR) is 112 cm³/mol. The van der Waals surface area contributed by atoms with E-state index in [4.69, 9.17) is 0 Å². The molecule has 0 atom stereocenters. The maximum atomic E-state index is 13.4. The first-order valence-electron chi connectivity index (χ1n) is 9.07. The van der Waals surface area contributed by atoms with Gasteiger partial charge >= 0.3 is 0 Å². The molecule has 0 saturated carbocycles. The number of carbonyl (C=O) groups excluding carboxylic acids is 1. The summed E-state index contributed by atoms with van der Waals surface area (Å²) in [6.45, 7) is 0. The van der Waals surface area contributed by atoms with Crippen LogP contribution in [0.15, 0.2) is 71.9 Å². The number of carbonyl (C=O) groups is 1. The number of ketones is 1. The summed E-state index contributed by atoms with van der Waals surface area (Å²) in [5.41, 5.74) is 1.40. The number of benzene rings is 3. The highest BCUT2D eigenvalue weighted by Crippen LogP contribution is 2.30. The third-order valence-corrected chi connectivity index (χ3v) is 5.38. The molecule has 0 aliphatic rings. The van der Waals surface area contributed by atoms with Crippen LogP contribution in [-0.4, -0.2) is 36.5 Å². The Hall–Kier alpha value is -3.72. The minimum absolute atomic E-state index is 0.0209. The van der Waals surface area contributed by atoms with Crippen LogP contribution in [0.2, 0.25) is 0 Å². The first kappa shape index (κ1) is 20.5. The van der Waals surface area contributed by atoms with Gasteiger partial charge in [-0.05, 0) is 66.7 Å². The fourth-order valence-electron chi connectivity index (χ4n) is 2.88. The second kappa shape index (κ2) is 8.57. The third kappa shape index (κ3) is 4.41.